The molecule has 9 nitrogen and oxygen atoms in total. The Hall–Kier alpha value is -2.68. The summed E-state index contributed by atoms with van der Waals surface area (Å²) in [6.07, 6.45) is 5.76. The van der Waals surface area contributed by atoms with Crippen LogP contribution in [0.25, 0.3) is 0 Å². The van der Waals surface area contributed by atoms with Crippen LogP contribution < -0.4 is 10.6 Å². The van der Waals surface area contributed by atoms with Gasteiger partial charge in [-0.3, -0.25) is 14.9 Å². The van der Waals surface area contributed by atoms with Crippen molar-refractivity contribution in [1.82, 2.24) is 5.32 Å². The average molecular weight is 379 g/mol. The lowest BCUT2D eigenvalue weighted by atomic mass is 9.89. The van der Waals surface area contributed by atoms with Gasteiger partial charge < -0.3 is 20.5 Å². The molecule has 2 rings (SSSR count). The molecule has 1 fully saturated rings. The number of anilines is 1. The Balaban J connectivity index is 1.91. The summed E-state index contributed by atoms with van der Waals surface area (Å²) in [5.74, 6) is -0.777. The smallest absolute Gasteiger partial charge is 0.341 e. The molecular weight excluding hydrogens is 354 g/mol. The van der Waals surface area contributed by atoms with Crippen molar-refractivity contribution in [3.63, 3.8) is 0 Å². The summed E-state index contributed by atoms with van der Waals surface area (Å²) in [7, 11) is 0. The van der Waals surface area contributed by atoms with Gasteiger partial charge in [0.2, 0.25) is 0 Å². The van der Waals surface area contributed by atoms with Crippen molar-refractivity contribution in [2.75, 3.05) is 31.6 Å². The number of rotatable bonds is 9. The van der Waals surface area contributed by atoms with Crippen molar-refractivity contribution in [2.45, 2.75) is 32.1 Å². The van der Waals surface area contributed by atoms with Gasteiger partial charge in [-0.1, -0.05) is 19.3 Å². The van der Waals surface area contributed by atoms with Gasteiger partial charge in [0.05, 0.1) is 17.1 Å². The summed E-state index contributed by atoms with van der Waals surface area (Å²) in [6, 6.07) is 3.70. The van der Waals surface area contributed by atoms with E-state index in [2.05, 4.69) is 10.6 Å². The molecule has 1 aromatic carbocycles. The highest BCUT2D eigenvalue weighted by Crippen LogP contribution is 2.24. The summed E-state index contributed by atoms with van der Waals surface area (Å²) in [4.78, 5) is 34.5. The van der Waals surface area contributed by atoms with Gasteiger partial charge in [-0.05, 0) is 24.8 Å². The number of nitrogens with one attached hydrogen (secondary N) is 2. The summed E-state index contributed by atoms with van der Waals surface area (Å²) >= 11 is 0. The quantitative estimate of drug-likeness (QED) is 0.339. The minimum Gasteiger partial charge on any atom is -0.452 e. The van der Waals surface area contributed by atoms with Gasteiger partial charge in [0.25, 0.3) is 11.6 Å². The number of aliphatic hydroxyl groups excluding tert-OH is 1. The standard InChI is InChI=1S/C18H25N3O6/c22-9-8-19-16-7-6-14(21(25)26)10-15(16)18(24)27-12-17(23)20-11-13-4-2-1-3-5-13/h6-7,10,13,19,22H,1-5,8-9,11-12H2,(H,20,23). The Labute approximate surface area is 157 Å². The van der Waals surface area contributed by atoms with E-state index in [-0.39, 0.29) is 24.4 Å². The molecule has 3 N–H and O–H groups in total. The lowest BCUT2D eigenvalue weighted by molar-refractivity contribution is -0.384. The Morgan fingerprint density at radius 2 is 2.00 bits per heavy atom. The van der Waals surface area contributed by atoms with Gasteiger partial charge >= 0.3 is 5.97 Å². The number of non-ortho nitro benzene ring substituents is 1. The number of nitro benzene ring substituents is 1. The van der Waals surface area contributed by atoms with E-state index in [0.717, 1.165) is 18.9 Å². The fraction of sp³-hybridized carbons (Fsp3) is 0.556. The number of carbonyl (C=O) groups is 2. The predicted molar refractivity (Wildman–Crippen MR) is 98.5 cm³/mol. The Bertz CT molecular complexity index is 673. The number of hydrogen-bond acceptors (Lipinski definition) is 7. The normalized spacial score (nSPS) is 14.4. The first-order valence-corrected chi connectivity index (χ1v) is 9.08. The molecule has 9 heteroatoms. The maximum atomic E-state index is 12.3. The van der Waals surface area contributed by atoms with Crippen LogP contribution in [0.3, 0.4) is 0 Å². The molecule has 1 aliphatic rings. The molecule has 0 radical (unpaired) electrons. The summed E-state index contributed by atoms with van der Waals surface area (Å²) in [5.41, 5.74) is -0.0294. The van der Waals surface area contributed by atoms with Crippen LogP contribution >= 0.6 is 0 Å². The predicted octanol–water partition coefficient (Wildman–Crippen LogP) is 1.85. The number of nitrogens with zero attached hydrogens (tertiary/aromatic N) is 1. The van der Waals surface area contributed by atoms with E-state index in [1.807, 2.05) is 0 Å². The molecule has 0 bridgehead atoms. The topological polar surface area (TPSA) is 131 Å². The van der Waals surface area contributed by atoms with Gasteiger partial charge in [0.1, 0.15) is 0 Å². The van der Waals surface area contributed by atoms with Gasteiger partial charge in [0.15, 0.2) is 6.61 Å². The van der Waals surface area contributed by atoms with E-state index in [9.17, 15) is 19.7 Å². The molecule has 0 unspecified atom stereocenters. The Kier molecular flexibility index (Phi) is 8.00. The number of carbonyl (C=O) groups excluding carboxylic acids is 2. The molecular formula is C18H25N3O6. The number of hydrogen-bond donors (Lipinski definition) is 3. The van der Waals surface area contributed by atoms with Gasteiger partial charge in [-0.25, -0.2) is 4.79 Å². The molecule has 1 aromatic rings. The number of amides is 1. The molecule has 1 amide bonds. The van der Waals surface area contributed by atoms with Crippen molar-refractivity contribution >= 4 is 23.3 Å². The SMILES string of the molecule is O=C(COC(=O)c1cc([N+](=O)[O-])ccc1NCCO)NCC1CCCCC1. The molecule has 1 saturated carbocycles. The third-order valence-corrected chi connectivity index (χ3v) is 4.51. The van der Waals surface area contributed by atoms with Crippen LogP contribution in [-0.2, 0) is 9.53 Å². The Morgan fingerprint density at radius 3 is 2.67 bits per heavy atom. The molecule has 0 spiro atoms. The van der Waals surface area contributed by atoms with Crippen LogP contribution in [0.1, 0.15) is 42.5 Å². The van der Waals surface area contributed by atoms with Crippen LogP contribution in [0.5, 0.6) is 0 Å². The second kappa shape index (κ2) is 10.5. The van der Waals surface area contributed by atoms with Gasteiger partial charge in [-0.15, -0.1) is 0 Å². The van der Waals surface area contributed by atoms with Gasteiger partial charge in [-0.2, -0.15) is 0 Å². The fourth-order valence-electron chi connectivity index (χ4n) is 3.07. The summed E-state index contributed by atoms with van der Waals surface area (Å²) < 4.78 is 5.01. The molecule has 0 atom stereocenters. The minimum absolute atomic E-state index is 0.0577. The third-order valence-electron chi connectivity index (χ3n) is 4.51. The molecule has 0 aliphatic heterocycles. The monoisotopic (exact) mass is 379 g/mol. The molecule has 27 heavy (non-hydrogen) atoms. The van der Waals surface area contributed by atoms with E-state index >= 15 is 0 Å². The van der Waals surface area contributed by atoms with Crippen LogP contribution in [0.4, 0.5) is 11.4 Å². The first kappa shape index (κ1) is 20.6. The first-order chi connectivity index (χ1) is 13.0. The summed E-state index contributed by atoms with van der Waals surface area (Å²) in [6.45, 7) is 0.110. The lowest BCUT2D eigenvalue weighted by Crippen LogP contribution is -2.33. The minimum atomic E-state index is -0.841. The van der Waals surface area contributed by atoms with Crippen LogP contribution in [-0.4, -0.2) is 48.2 Å². The van der Waals surface area contributed by atoms with Crippen LogP contribution in [0.2, 0.25) is 0 Å². The third kappa shape index (κ3) is 6.52. The number of nitro groups is 1. The maximum absolute atomic E-state index is 12.3. The van der Waals surface area contributed by atoms with E-state index in [1.54, 1.807) is 0 Å². The van der Waals surface area contributed by atoms with Crippen molar-refractivity contribution in [2.24, 2.45) is 5.92 Å². The second-order valence-electron chi connectivity index (χ2n) is 6.52. The van der Waals surface area contributed by atoms with Crippen molar-refractivity contribution < 1.29 is 24.4 Å². The number of benzene rings is 1. The average Bonchev–Trinajstić information content (AvgIpc) is 2.69. The number of aliphatic hydroxyl groups is 1. The zero-order valence-electron chi connectivity index (χ0n) is 15.1. The van der Waals surface area contributed by atoms with E-state index in [1.165, 1.54) is 31.4 Å². The molecule has 148 valence electrons. The lowest BCUT2D eigenvalue weighted by Gasteiger charge is -2.21. The molecule has 0 saturated heterocycles. The molecule has 0 heterocycles. The zero-order chi connectivity index (χ0) is 19.6. The largest absolute Gasteiger partial charge is 0.452 e. The number of ether oxygens (including phenoxy) is 1. The second-order valence-corrected chi connectivity index (χ2v) is 6.52. The van der Waals surface area contributed by atoms with Crippen LogP contribution in [0, 0.1) is 16.0 Å². The van der Waals surface area contributed by atoms with E-state index in [4.69, 9.17) is 9.84 Å². The van der Waals surface area contributed by atoms with E-state index in [0.29, 0.717) is 18.2 Å². The molecule has 1 aliphatic carbocycles. The first-order valence-electron chi connectivity index (χ1n) is 9.08. The highest BCUT2D eigenvalue weighted by atomic mass is 16.6. The molecule has 0 aromatic heterocycles. The van der Waals surface area contributed by atoms with E-state index < -0.39 is 23.4 Å². The summed E-state index contributed by atoms with van der Waals surface area (Å²) in [5, 5.41) is 25.4. The van der Waals surface area contributed by atoms with Crippen molar-refractivity contribution in [3.8, 4) is 0 Å². The Morgan fingerprint density at radius 1 is 1.26 bits per heavy atom. The van der Waals surface area contributed by atoms with Crippen molar-refractivity contribution in [3.05, 3.63) is 33.9 Å². The van der Waals surface area contributed by atoms with Crippen LogP contribution in [0.15, 0.2) is 18.2 Å². The van der Waals surface area contributed by atoms with Gasteiger partial charge in [0, 0.05) is 30.9 Å². The number of esters is 1. The zero-order valence-corrected chi connectivity index (χ0v) is 15.1. The highest BCUT2D eigenvalue weighted by molar-refractivity contribution is 5.97. The fourth-order valence-corrected chi connectivity index (χ4v) is 3.07. The van der Waals surface area contributed by atoms with Crippen molar-refractivity contribution in [1.29, 1.82) is 0 Å². The highest BCUT2D eigenvalue weighted by Gasteiger charge is 2.19. The maximum Gasteiger partial charge on any atom is 0.341 e.